The molecule has 7 heavy (non-hydrogen) atoms. The standard InChI is InChI=1S/C2N2O2S/c3-1-6-7(5)2-4. The van der Waals surface area contributed by atoms with Gasteiger partial charge in [-0.2, -0.15) is 9.47 Å². The maximum absolute atomic E-state index is 9.72. The number of nitrogens with zero attached hydrogens (tertiary/aromatic N) is 2. The topological polar surface area (TPSA) is 73.9 Å². The minimum absolute atomic E-state index is 1.10. The first-order chi connectivity index (χ1) is 3.31. The summed E-state index contributed by atoms with van der Waals surface area (Å²) in [5.74, 6) is 0. The largest absolute Gasteiger partial charge is 0.326 e. The molecule has 0 aromatic carbocycles. The van der Waals surface area contributed by atoms with Crippen molar-refractivity contribution in [2.75, 3.05) is 0 Å². The highest BCUT2D eigenvalue weighted by molar-refractivity contribution is 7.85. The summed E-state index contributed by atoms with van der Waals surface area (Å²) >= 11 is -2.08. The van der Waals surface area contributed by atoms with Gasteiger partial charge in [0.1, 0.15) is 0 Å². The molecule has 5 heteroatoms. The molecule has 0 spiro atoms. The van der Waals surface area contributed by atoms with E-state index in [4.69, 9.17) is 10.5 Å². The molecular formula is C2N2O2S. The number of rotatable bonds is 1. The van der Waals surface area contributed by atoms with Crippen molar-refractivity contribution >= 4 is 11.1 Å². The Kier molecular flexibility index (Phi) is 2.65. The lowest BCUT2D eigenvalue weighted by atomic mass is 11.6. The van der Waals surface area contributed by atoms with Crippen molar-refractivity contribution in [3.8, 4) is 11.7 Å². The second-order valence-electron chi connectivity index (χ2n) is 0.501. The van der Waals surface area contributed by atoms with E-state index in [1.54, 1.807) is 0 Å². The summed E-state index contributed by atoms with van der Waals surface area (Å²) in [5, 5.41) is 16.4. The molecule has 0 aliphatic rings. The lowest BCUT2D eigenvalue weighted by Crippen LogP contribution is -1.82. The number of thiocyanates is 1. The van der Waals surface area contributed by atoms with Gasteiger partial charge < -0.3 is 4.18 Å². The third-order valence-corrected chi connectivity index (χ3v) is 0.562. The quantitative estimate of drug-likeness (QED) is 0.438. The third kappa shape index (κ3) is 2.74. The van der Waals surface area contributed by atoms with Gasteiger partial charge in [0.2, 0.25) is 5.40 Å². The molecule has 0 aromatic rings. The molecule has 36 valence electrons. The summed E-state index contributed by atoms with van der Waals surface area (Å²) < 4.78 is 13.3. The van der Waals surface area contributed by atoms with Gasteiger partial charge in [0.25, 0.3) is 0 Å². The Balaban J connectivity index is 3.50. The molecule has 0 radical (unpaired) electrons. The molecular weight excluding hydrogens is 116 g/mol. The van der Waals surface area contributed by atoms with Gasteiger partial charge >= 0.3 is 17.3 Å². The van der Waals surface area contributed by atoms with Gasteiger partial charge in [-0.25, -0.2) is 0 Å². The van der Waals surface area contributed by atoms with Crippen molar-refractivity contribution in [3.63, 3.8) is 0 Å². The second kappa shape index (κ2) is 3.13. The molecule has 0 saturated heterocycles. The Labute approximate surface area is 42.6 Å². The zero-order valence-corrected chi connectivity index (χ0v) is 3.94. The zero-order valence-electron chi connectivity index (χ0n) is 3.12. The van der Waals surface area contributed by atoms with E-state index < -0.39 is 11.1 Å². The van der Waals surface area contributed by atoms with E-state index in [0.717, 1.165) is 6.26 Å². The maximum Gasteiger partial charge on any atom is 0.326 e. The molecule has 0 amide bonds. The van der Waals surface area contributed by atoms with Gasteiger partial charge in [-0.3, -0.25) is 0 Å². The van der Waals surface area contributed by atoms with Gasteiger partial charge in [0.05, 0.1) is 0 Å². The van der Waals surface area contributed by atoms with Gasteiger partial charge in [0, 0.05) is 0 Å². The van der Waals surface area contributed by atoms with Crippen LogP contribution in [0.1, 0.15) is 0 Å². The summed E-state index contributed by atoms with van der Waals surface area (Å²) in [5.41, 5.74) is 0. The van der Waals surface area contributed by atoms with Crippen LogP contribution in [0.25, 0.3) is 0 Å². The van der Waals surface area contributed by atoms with Crippen LogP contribution in [0, 0.1) is 22.2 Å². The van der Waals surface area contributed by atoms with Crippen LogP contribution < -0.4 is 0 Å². The van der Waals surface area contributed by atoms with Crippen LogP contribution in [0.15, 0.2) is 0 Å². The van der Waals surface area contributed by atoms with Crippen molar-refractivity contribution in [1.82, 2.24) is 0 Å². The number of nitriles is 2. The van der Waals surface area contributed by atoms with Crippen LogP contribution in [-0.2, 0) is 15.3 Å². The molecule has 0 N–H and O–H groups in total. The fraction of sp³-hybridized carbons (Fsp3) is 0. The lowest BCUT2D eigenvalue weighted by Gasteiger charge is -1.73. The molecule has 0 aromatic heterocycles. The fourth-order valence-corrected chi connectivity index (χ4v) is 0.157. The Morgan fingerprint density at radius 2 is 2.14 bits per heavy atom. The van der Waals surface area contributed by atoms with E-state index in [-0.39, 0.29) is 0 Å². The molecule has 0 fully saturated rings. The monoisotopic (exact) mass is 116 g/mol. The molecule has 0 saturated carbocycles. The fourth-order valence-electron chi connectivity index (χ4n) is 0.0525. The molecule has 0 aliphatic heterocycles. The Bertz CT molecular complexity index is 152. The summed E-state index contributed by atoms with van der Waals surface area (Å²) in [7, 11) is 0. The average Bonchev–Trinajstić information content (AvgIpc) is 1.68. The van der Waals surface area contributed by atoms with Crippen LogP contribution in [0.2, 0.25) is 0 Å². The average molecular weight is 116 g/mol. The van der Waals surface area contributed by atoms with Gasteiger partial charge in [-0.1, -0.05) is 0 Å². The first-order valence-electron chi connectivity index (χ1n) is 1.19. The van der Waals surface area contributed by atoms with E-state index in [1.165, 1.54) is 5.40 Å². The molecule has 0 aliphatic carbocycles. The minimum Gasteiger partial charge on any atom is -0.310 e. The number of hydrogen-bond acceptors (Lipinski definition) is 4. The van der Waals surface area contributed by atoms with E-state index in [2.05, 4.69) is 4.18 Å². The van der Waals surface area contributed by atoms with Crippen LogP contribution in [0.3, 0.4) is 0 Å². The van der Waals surface area contributed by atoms with Crippen LogP contribution >= 0.6 is 0 Å². The summed E-state index contributed by atoms with van der Waals surface area (Å²) in [6, 6.07) is 0. The molecule has 1 unspecified atom stereocenters. The predicted octanol–water partition coefficient (Wildman–Crippen LogP) is -0.371. The van der Waals surface area contributed by atoms with E-state index in [0.29, 0.717) is 0 Å². The van der Waals surface area contributed by atoms with E-state index >= 15 is 0 Å². The van der Waals surface area contributed by atoms with E-state index in [1.807, 2.05) is 0 Å². The van der Waals surface area contributed by atoms with Crippen molar-refractivity contribution in [2.24, 2.45) is 0 Å². The van der Waals surface area contributed by atoms with Crippen molar-refractivity contribution in [1.29, 1.82) is 10.5 Å². The Morgan fingerprint density at radius 3 is 2.29 bits per heavy atom. The molecule has 0 heterocycles. The minimum atomic E-state index is -2.08. The third-order valence-electron chi connectivity index (χ3n) is 0.187. The van der Waals surface area contributed by atoms with Gasteiger partial charge in [-0.15, -0.1) is 5.26 Å². The summed E-state index contributed by atoms with van der Waals surface area (Å²) in [6.07, 6.45) is 1.10. The SMILES string of the molecule is N#COS(=O)C#N. The molecule has 4 nitrogen and oxygen atoms in total. The number of hydrogen-bond donors (Lipinski definition) is 0. The zero-order chi connectivity index (χ0) is 5.70. The second-order valence-corrected chi connectivity index (χ2v) is 1.32. The van der Waals surface area contributed by atoms with Crippen LogP contribution in [-0.4, -0.2) is 4.21 Å². The summed E-state index contributed by atoms with van der Waals surface area (Å²) in [6.45, 7) is 0. The Hall–Kier alpha value is -1.07. The predicted molar refractivity (Wildman–Crippen MR) is 20.5 cm³/mol. The van der Waals surface area contributed by atoms with Crippen LogP contribution in [0.4, 0.5) is 0 Å². The lowest BCUT2D eigenvalue weighted by molar-refractivity contribution is 0.536. The normalized spacial score (nSPS) is 10.6. The first kappa shape index (κ1) is 5.93. The van der Waals surface area contributed by atoms with Crippen molar-refractivity contribution in [3.05, 3.63) is 0 Å². The summed E-state index contributed by atoms with van der Waals surface area (Å²) in [4.78, 5) is 0. The molecule has 0 bridgehead atoms. The van der Waals surface area contributed by atoms with Gasteiger partial charge in [0.15, 0.2) is 0 Å². The van der Waals surface area contributed by atoms with Crippen LogP contribution in [0.5, 0.6) is 0 Å². The van der Waals surface area contributed by atoms with E-state index in [9.17, 15) is 4.21 Å². The first-order valence-corrected chi connectivity index (χ1v) is 2.26. The van der Waals surface area contributed by atoms with Crippen molar-refractivity contribution < 1.29 is 8.39 Å². The molecule has 0 rings (SSSR count). The van der Waals surface area contributed by atoms with Crippen molar-refractivity contribution in [2.45, 2.75) is 0 Å². The van der Waals surface area contributed by atoms with Gasteiger partial charge in [-0.05, 0) is 0 Å². The smallest absolute Gasteiger partial charge is 0.310 e. The molecule has 1 atom stereocenters. The highest BCUT2D eigenvalue weighted by atomic mass is 32.2. The highest BCUT2D eigenvalue weighted by Gasteiger charge is 1.89. The highest BCUT2D eigenvalue weighted by Crippen LogP contribution is 1.75. The maximum atomic E-state index is 9.72. The Morgan fingerprint density at radius 1 is 1.57 bits per heavy atom.